The summed E-state index contributed by atoms with van der Waals surface area (Å²) >= 11 is 3.31. The molecule has 0 spiro atoms. The quantitative estimate of drug-likeness (QED) is 0.633. The van der Waals surface area contributed by atoms with Crippen LogP contribution in [-0.4, -0.2) is 21.8 Å². The van der Waals surface area contributed by atoms with Crippen molar-refractivity contribution in [3.63, 3.8) is 0 Å². The number of aryl methyl sites for hydroxylation is 1. The van der Waals surface area contributed by atoms with Crippen LogP contribution in [0.1, 0.15) is 23.9 Å². The first-order valence-electron chi connectivity index (χ1n) is 6.38. The molecule has 0 saturated heterocycles. The second-order valence-corrected chi connectivity index (χ2v) is 5.20. The Morgan fingerprint density at radius 3 is 2.86 bits per heavy atom. The number of benzene rings is 1. The van der Waals surface area contributed by atoms with Crippen molar-refractivity contribution in [2.24, 2.45) is 0 Å². The van der Waals surface area contributed by atoms with Gasteiger partial charge in [-0.25, -0.2) is 0 Å². The van der Waals surface area contributed by atoms with Crippen LogP contribution in [0.4, 0.5) is 5.69 Å². The molecule has 0 saturated carbocycles. The maximum Gasteiger partial charge on any atom is 0.338 e. The van der Waals surface area contributed by atoms with Crippen LogP contribution in [0, 0.1) is 17.0 Å². The van der Waals surface area contributed by atoms with Crippen LogP contribution < -0.4 is 4.74 Å². The average molecular weight is 369 g/mol. The number of nitro groups is 1. The Bertz CT molecular complexity index is 739. The van der Waals surface area contributed by atoms with Gasteiger partial charge in [0.2, 0.25) is 5.76 Å². The highest BCUT2D eigenvalue weighted by Gasteiger charge is 2.22. The van der Waals surface area contributed by atoms with Gasteiger partial charge in [0.15, 0.2) is 17.2 Å². The van der Waals surface area contributed by atoms with E-state index in [1.165, 1.54) is 19.1 Å². The highest BCUT2D eigenvalue weighted by Crippen LogP contribution is 2.34. The van der Waals surface area contributed by atoms with E-state index < -0.39 is 4.92 Å². The van der Waals surface area contributed by atoms with E-state index in [0.29, 0.717) is 22.4 Å². The van der Waals surface area contributed by atoms with E-state index in [2.05, 4.69) is 21.1 Å². The number of aromatic hydroxyl groups is 1. The molecule has 1 aromatic heterocycles. The van der Waals surface area contributed by atoms with Crippen molar-refractivity contribution in [1.29, 1.82) is 0 Å². The molecule has 1 aromatic carbocycles. The summed E-state index contributed by atoms with van der Waals surface area (Å²) in [6.07, 6.45) is 3.06. The maximum absolute atomic E-state index is 11.0. The third kappa shape index (κ3) is 3.28. The van der Waals surface area contributed by atoms with Crippen molar-refractivity contribution in [3.8, 4) is 11.5 Å². The molecule has 0 radical (unpaired) electrons. The van der Waals surface area contributed by atoms with E-state index in [9.17, 15) is 15.2 Å². The molecule has 22 heavy (non-hydrogen) atoms. The fourth-order valence-electron chi connectivity index (χ4n) is 1.84. The number of hydrogen-bond acceptors (Lipinski definition) is 6. The van der Waals surface area contributed by atoms with E-state index in [1.807, 2.05) is 0 Å². The van der Waals surface area contributed by atoms with Gasteiger partial charge in [0.05, 0.1) is 11.5 Å². The summed E-state index contributed by atoms with van der Waals surface area (Å²) in [5, 5.41) is 24.3. The number of halogens is 1. The Labute approximate surface area is 134 Å². The van der Waals surface area contributed by atoms with Crippen LogP contribution in [0.25, 0.3) is 12.2 Å². The molecule has 0 aliphatic heterocycles. The molecule has 0 bridgehead atoms. The first-order valence-corrected chi connectivity index (χ1v) is 7.17. The van der Waals surface area contributed by atoms with Crippen molar-refractivity contribution >= 4 is 33.8 Å². The van der Waals surface area contributed by atoms with Crippen LogP contribution >= 0.6 is 15.9 Å². The summed E-state index contributed by atoms with van der Waals surface area (Å²) in [5.74, 6) is 0.390. The molecule has 7 nitrogen and oxygen atoms in total. The second kappa shape index (κ2) is 6.61. The maximum atomic E-state index is 11.0. The Balaban J connectivity index is 2.38. The molecule has 0 aliphatic carbocycles. The highest BCUT2D eigenvalue weighted by atomic mass is 79.9. The molecule has 2 rings (SSSR count). The molecule has 8 heteroatoms. The second-order valence-electron chi connectivity index (χ2n) is 4.35. The van der Waals surface area contributed by atoms with Gasteiger partial charge in [0.25, 0.3) is 0 Å². The van der Waals surface area contributed by atoms with E-state index in [1.54, 1.807) is 19.1 Å². The van der Waals surface area contributed by atoms with Crippen molar-refractivity contribution in [3.05, 3.63) is 43.7 Å². The number of hydrogen-bond donors (Lipinski definition) is 1. The summed E-state index contributed by atoms with van der Waals surface area (Å²) in [7, 11) is 0. The molecule has 116 valence electrons. The van der Waals surface area contributed by atoms with Gasteiger partial charge in [-0.15, -0.1) is 0 Å². The summed E-state index contributed by atoms with van der Waals surface area (Å²) in [4.78, 5) is 10.4. The third-order valence-electron chi connectivity index (χ3n) is 2.83. The van der Waals surface area contributed by atoms with Gasteiger partial charge in [0.1, 0.15) is 0 Å². The molecule has 0 amide bonds. The monoisotopic (exact) mass is 368 g/mol. The number of nitrogens with zero attached hydrogens (tertiary/aromatic N) is 2. The van der Waals surface area contributed by atoms with Gasteiger partial charge in [-0.2, -0.15) is 0 Å². The fraction of sp³-hybridized carbons (Fsp3) is 0.214. The van der Waals surface area contributed by atoms with Crippen LogP contribution in [-0.2, 0) is 0 Å². The standard InChI is InChI=1S/C14H13BrN2O5/c1-3-21-13-6-9(10(15)7-11(13)18)4-5-12-14(17(19)20)8(2)16-22-12/h4-7,18H,3H2,1-2H3/b5-4+. The van der Waals surface area contributed by atoms with Gasteiger partial charge in [0, 0.05) is 4.47 Å². The normalized spacial score (nSPS) is 11.0. The van der Waals surface area contributed by atoms with Crippen LogP contribution in [0.3, 0.4) is 0 Å². The zero-order chi connectivity index (χ0) is 16.3. The van der Waals surface area contributed by atoms with Crippen molar-refractivity contribution in [2.45, 2.75) is 13.8 Å². The topological polar surface area (TPSA) is 98.6 Å². The van der Waals surface area contributed by atoms with Crippen molar-refractivity contribution in [1.82, 2.24) is 5.16 Å². The van der Waals surface area contributed by atoms with Crippen molar-refractivity contribution in [2.75, 3.05) is 6.61 Å². The Morgan fingerprint density at radius 2 is 2.23 bits per heavy atom. The van der Waals surface area contributed by atoms with Gasteiger partial charge in [-0.1, -0.05) is 21.1 Å². The number of phenolic OH excluding ortho intramolecular Hbond substituents is 1. The first kappa shape index (κ1) is 16.0. The largest absolute Gasteiger partial charge is 0.504 e. The van der Waals surface area contributed by atoms with E-state index in [-0.39, 0.29) is 22.9 Å². The average Bonchev–Trinajstić information content (AvgIpc) is 2.82. The summed E-state index contributed by atoms with van der Waals surface area (Å²) in [6.45, 7) is 3.71. The number of rotatable bonds is 5. The lowest BCUT2D eigenvalue weighted by molar-refractivity contribution is -0.386. The minimum Gasteiger partial charge on any atom is -0.504 e. The molecule has 1 N–H and O–H groups in total. The lowest BCUT2D eigenvalue weighted by Gasteiger charge is -2.08. The number of phenols is 1. The van der Waals surface area contributed by atoms with E-state index >= 15 is 0 Å². The Hall–Kier alpha value is -2.35. The summed E-state index contributed by atoms with van der Waals surface area (Å²) in [5.41, 5.74) is 0.713. The third-order valence-corrected chi connectivity index (χ3v) is 3.52. The Morgan fingerprint density at radius 1 is 1.50 bits per heavy atom. The molecular formula is C14H13BrN2O5. The summed E-state index contributed by atoms with van der Waals surface area (Å²) in [6, 6.07) is 3.11. The number of aromatic nitrogens is 1. The number of ether oxygens (including phenoxy) is 1. The predicted molar refractivity (Wildman–Crippen MR) is 83.8 cm³/mol. The zero-order valence-corrected chi connectivity index (χ0v) is 13.5. The van der Waals surface area contributed by atoms with Crippen molar-refractivity contribution < 1.29 is 19.3 Å². The molecule has 0 fully saturated rings. The van der Waals surface area contributed by atoms with Gasteiger partial charge < -0.3 is 14.4 Å². The first-order chi connectivity index (χ1) is 10.4. The van der Waals surface area contributed by atoms with Gasteiger partial charge in [-0.05, 0) is 43.7 Å². The lowest BCUT2D eigenvalue weighted by Crippen LogP contribution is -1.93. The fourth-order valence-corrected chi connectivity index (χ4v) is 2.30. The Kier molecular flexibility index (Phi) is 4.81. The smallest absolute Gasteiger partial charge is 0.338 e. The molecule has 0 unspecified atom stereocenters. The van der Waals surface area contributed by atoms with Gasteiger partial charge >= 0.3 is 5.69 Å². The molecule has 2 aromatic rings. The highest BCUT2D eigenvalue weighted by molar-refractivity contribution is 9.10. The minimum atomic E-state index is -0.539. The molecule has 0 aliphatic rings. The zero-order valence-electron chi connectivity index (χ0n) is 11.9. The van der Waals surface area contributed by atoms with E-state index in [4.69, 9.17) is 9.26 Å². The lowest BCUT2D eigenvalue weighted by atomic mass is 10.1. The molecule has 1 heterocycles. The van der Waals surface area contributed by atoms with Crippen LogP contribution in [0.15, 0.2) is 21.1 Å². The molecule has 0 atom stereocenters. The summed E-state index contributed by atoms with van der Waals surface area (Å²) < 4.78 is 10.9. The minimum absolute atomic E-state index is 0.00682. The predicted octanol–water partition coefficient (Wildman–Crippen LogP) is 3.93. The van der Waals surface area contributed by atoms with Gasteiger partial charge in [-0.3, -0.25) is 10.1 Å². The molecular weight excluding hydrogens is 356 g/mol. The SMILES string of the molecule is CCOc1cc(/C=C/c2onc(C)c2[N+](=O)[O-])c(Br)cc1O. The van der Waals surface area contributed by atoms with Crippen LogP contribution in [0.5, 0.6) is 11.5 Å². The van der Waals surface area contributed by atoms with Crippen LogP contribution in [0.2, 0.25) is 0 Å². The van der Waals surface area contributed by atoms with E-state index in [0.717, 1.165) is 0 Å².